The Bertz CT molecular complexity index is 1570. The Morgan fingerprint density at radius 2 is 1.61 bits per heavy atom. The molecule has 28 heavy (non-hydrogen) atoms. The number of hydrogen-bond acceptors (Lipinski definition) is 2. The van der Waals surface area contributed by atoms with E-state index < -0.39 is 0 Å². The van der Waals surface area contributed by atoms with Crippen molar-refractivity contribution in [2.75, 3.05) is 0 Å². The van der Waals surface area contributed by atoms with E-state index >= 15 is 0 Å². The van der Waals surface area contributed by atoms with Gasteiger partial charge in [-0.15, -0.1) is 0 Å². The number of aromatic amines is 1. The Labute approximate surface area is 168 Å². The predicted molar refractivity (Wildman–Crippen MR) is 117 cm³/mol. The Kier molecular flexibility index (Phi) is 3.76. The van der Waals surface area contributed by atoms with Crippen LogP contribution in [0.4, 0.5) is 0 Å². The number of para-hydroxylation sites is 1. The summed E-state index contributed by atoms with van der Waals surface area (Å²) in [6.07, 6.45) is 0. The van der Waals surface area contributed by atoms with Crippen LogP contribution in [0.1, 0.15) is 6.92 Å². The van der Waals surface area contributed by atoms with Crippen LogP contribution in [0.25, 0.3) is 43.6 Å². The molecule has 0 saturated carbocycles. The summed E-state index contributed by atoms with van der Waals surface area (Å²) < 4.78 is 2.01. The first kappa shape index (κ1) is 17.3. The highest BCUT2D eigenvalue weighted by molar-refractivity contribution is 6.35. The van der Waals surface area contributed by atoms with Crippen molar-refractivity contribution in [1.82, 2.24) is 9.55 Å². The van der Waals surface area contributed by atoms with Crippen LogP contribution in [0.3, 0.4) is 0 Å². The van der Waals surface area contributed by atoms with Gasteiger partial charge in [0.2, 0.25) is 0 Å². The zero-order valence-corrected chi connectivity index (χ0v) is 16.4. The van der Waals surface area contributed by atoms with Gasteiger partial charge in [0.1, 0.15) is 0 Å². The maximum Gasteiger partial charge on any atom is 0.197 e. The maximum atomic E-state index is 13.2. The van der Waals surface area contributed by atoms with Gasteiger partial charge < -0.3 is 9.55 Å². The number of pyridine rings is 2. The third-order valence-corrected chi connectivity index (χ3v) is 5.80. The normalized spacial score (nSPS) is 11.8. The summed E-state index contributed by atoms with van der Waals surface area (Å²) in [4.78, 5) is 29.5. The number of nitrogens with zero attached hydrogens (tertiary/aromatic N) is 1. The van der Waals surface area contributed by atoms with Crippen molar-refractivity contribution >= 4 is 66.8 Å². The molecule has 3 aromatic carbocycles. The topological polar surface area (TPSA) is 54.9 Å². The molecule has 2 aromatic heterocycles. The molecule has 0 amide bonds. The van der Waals surface area contributed by atoms with Gasteiger partial charge in [0.15, 0.2) is 10.9 Å². The number of hydrogen-bond donors (Lipinski definition) is 1. The molecule has 6 heteroatoms. The van der Waals surface area contributed by atoms with Crippen LogP contribution in [-0.4, -0.2) is 9.55 Å². The Morgan fingerprint density at radius 1 is 0.857 bits per heavy atom. The van der Waals surface area contributed by atoms with Crippen LogP contribution in [0, 0.1) is 0 Å². The van der Waals surface area contributed by atoms with E-state index in [1.165, 1.54) is 0 Å². The summed E-state index contributed by atoms with van der Waals surface area (Å²) in [6.45, 7) is 2.63. The zero-order chi connectivity index (χ0) is 19.6. The van der Waals surface area contributed by atoms with Crippen molar-refractivity contribution in [3.8, 4) is 0 Å². The lowest BCUT2D eigenvalue weighted by molar-refractivity contribution is 0.822. The third-order valence-electron chi connectivity index (χ3n) is 5.25. The standard InChI is InChI=1S/C22H14Cl2N2O2/c1-2-26-18-8-11(23)6-7-12(18)21(27)15-9-17-14(10-19(15)26)22(28)13-4-3-5-16(24)20(13)25-17/h3-10H,2H2,1H3,(H,25,28). The second kappa shape index (κ2) is 6.09. The van der Waals surface area contributed by atoms with Gasteiger partial charge in [0.05, 0.1) is 27.1 Å². The van der Waals surface area contributed by atoms with E-state index in [4.69, 9.17) is 23.2 Å². The molecule has 0 aliphatic rings. The number of benzene rings is 3. The van der Waals surface area contributed by atoms with E-state index in [2.05, 4.69) is 4.98 Å². The molecule has 0 fully saturated rings. The molecule has 1 N–H and O–H groups in total. The van der Waals surface area contributed by atoms with Crippen molar-refractivity contribution in [3.63, 3.8) is 0 Å². The highest BCUT2D eigenvalue weighted by Gasteiger charge is 2.14. The molecule has 0 atom stereocenters. The van der Waals surface area contributed by atoms with Gasteiger partial charge in [0, 0.05) is 33.1 Å². The molecule has 0 saturated heterocycles. The molecule has 5 rings (SSSR count). The SMILES string of the molecule is CCn1c2cc(Cl)ccc2c(=O)c2cc3[nH]c4c(Cl)cccc4c(=O)c3cc21. The summed E-state index contributed by atoms with van der Waals surface area (Å²) in [7, 11) is 0. The summed E-state index contributed by atoms with van der Waals surface area (Å²) in [6, 6.07) is 14.0. The van der Waals surface area contributed by atoms with E-state index in [0.717, 1.165) is 5.52 Å². The highest BCUT2D eigenvalue weighted by Crippen LogP contribution is 2.27. The zero-order valence-electron chi connectivity index (χ0n) is 14.8. The molecule has 0 unspecified atom stereocenters. The van der Waals surface area contributed by atoms with Gasteiger partial charge in [-0.3, -0.25) is 9.59 Å². The molecule has 4 nitrogen and oxygen atoms in total. The maximum absolute atomic E-state index is 13.2. The van der Waals surface area contributed by atoms with E-state index in [9.17, 15) is 9.59 Å². The number of fused-ring (bicyclic) bond motifs is 4. The minimum Gasteiger partial charge on any atom is -0.353 e. The van der Waals surface area contributed by atoms with E-state index in [1.54, 1.807) is 48.5 Å². The van der Waals surface area contributed by atoms with E-state index in [-0.39, 0.29) is 10.9 Å². The number of nitrogens with one attached hydrogen (secondary N) is 1. The van der Waals surface area contributed by atoms with Gasteiger partial charge in [-0.2, -0.15) is 0 Å². The lowest BCUT2D eigenvalue weighted by Crippen LogP contribution is -2.12. The quantitative estimate of drug-likeness (QED) is 0.373. The second-order valence-electron chi connectivity index (χ2n) is 6.77. The van der Waals surface area contributed by atoms with Crippen LogP contribution < -0.4 is 10.9 Å². The molecule has 0 radical (unpaired) electrons. The molecule has 0 bridgehead atoms. The number of H-pyrrole nitrogens is 1. The molecular formula is C22H14Cl2N2O2. The number of aryl methyl sites for hydroxylation is 1. The second-order valence-corrected chi connectivity index (χ2v) is 7.61. The first-order valence-electron chi connectivity index (χ1n) is 8.89. The first-order valence-corrected chi connectivity index (χ1v) is 9.65. The molecule has 0 spiro atoms. The van der Waals surface area contributed by atoms with Crippen LogP contribution >= 0.6 is 23.2 Å². The molecule has 138 valence electrons. The van der Waals surface area contributed by atoms with Crippen LogP contribution in [-0.2, 0) is 6.54 Å². The van der Waals surface area contributed by atoms with Gasteiger partial charge in [-0.1, -0.05) is 29.3 Å². The van der Waals surface area contributed by atoms with E-state index in [0.29, 0.717) is 54.7 Å². The summed E-state index contributed by atoms with van der Waals surface area (Å²) >= 11 is 12.4. The smallest absolute Gasteiger partial charge is 0.197 e. The fraction of sp³-hybridized carbons (Fsp3) is 0.0909. The Hall–Kier alpha value is -2.82. The van der Waals surface area contributed by atoms with Gasteiger partial charge in [-0.05, 0) is 49.4 Å². The average molecular weight is 409 g/mol. The molecule has 2 heterocycles. The summed E-state index contributed by atoms with van der Waals surface area (Å²) in [5.74, 6) is 0. The monoisotopic (exact) mass is 408 g/mol. The van der Waals surface area contributed by atoms with E-state index in [1.807, 2.05) is 11.5 Å². The van der Waals surface area contributed by atoms with Crippen LogP contribution in [0.5, 0.6) is 0 Å². The van der Waals surface area contributed by atoms with Crippen molar-refractivity contribution in [2.45, 2.75) is 13.5 Å². The van der Waals surface area contributed by atoms with Crippen LogP contribution in [0.2, 0.25) is 10.0 Å². The molecular weight excluding hydrogens is 395 g/mol. The average Bonchev–Trinajstić information content (AvgIpc) is 2.69. The Balaban J connectivity index is 2.07. The number of halogens is 2. The largest absolute Gasteiger partial charge is 0.353 e. The molecule has 5 aromatic rings. The summed E-state index contributed by atoms with van der Waals surface area (Å²) in [5, 5.41) is 3.22. The van der Waals surface area contributed by atoms with Crippen molar-refractivity contribution < 1.29 is 0 Å². The molecule has 0 aliphatic carbocycles. The minimum absolute atomic E-state index is 0.0895. The van der Waals surface area contributed by atoms with Gasteiger partial charge in [0.25, 0.3) is 0 Å². The minimum atomic E-state index is -0.116. The Morgan fingerprint density at radius 3 is 2.39 bits per heavy atom. The first-order chi connectivity index (χ1) is 13.5. The lowest BCUT2D eigenvalue weighted by Gasteiger charge is -2.14. The number of rotatable bonds is 1. The summed E-state index contributed by atoms with van der Waals surface area (Å²) in [5.41, 5.74) is 2.42. The molecule has 0 aliphatic heterocycles. The van der Waals surface area contributed by atoms with Crippen molar-refractivity contribution in [3.05, 3.63) is 79.0 Å². The fourth-order valence-electron chi connectivity index (χ4n) is 3.94. The number of aromatic nitrogens is 2. The predicted octanol–water partition coefficient (Wildman–Crippen LogP) is 5.48. The highest BCUT2D eigenvalue weighted by atomic mass is 35.5. The van der Waals surface area contributed by atoms with Crippen molar-refractivity contribution in [1.29, 1.82) is 0 Å². The van der Waals surface area contributed by atoms with Crippen LogP contribution in [0.15, 0.2) is 58.1 Å². The fourth-order valence-corrected chi connectivity index (χ4v) is 4.33. The lowest BCUT2D eigenvalue weighted by atomic mass is 10.0. The van der Waals surface area contributed by atoms with Gasteiger partial charge >= 0.3 is 0 Å². The van der Waals surface area contributed by atoms with Gasteiger partial charge in [-0.25, -0.2) is 0 Å². The third kappa shape index (κ3) is 2.32. The van der Waals surface area contributed by atoms with Crippen molar-refractivity contribution in [2.24, 2.45) is 0 Å².